The van der Waals surface area contributed by atoms with E-state index in [2.05, 4.69) is 24.5 Å². The molecule has 7 nitrogen and oxygen atoms in total. The monoisotopic (exact) mass is 423 g/mol. The molecule has 2 N–H and O–H groups in total. The highest BCUT2D eigenvalue weighted by atomic mass is 16.5. The summed E-state index contributed by atoms with van der Waals surface area (Å²) in [5.41, 5.74) is 2.57. The van der Waals surface area contributed by atoms with Gasteiger partial charge in [-0.15, -0.1) is 0 Å². The number of benzene rings is 2. The smallest absolute Gasteiger partial charge is 0.243 e. The van der Waals surface area contributed by atoms with Crippen LogP contribution in [0.2, 0.25) is 0 Å². The molecule has 0 saturated carbocycles. The summed E-state index contributed by atoms with van der Waals surface area (Å²) in [5, 5.41) is 5.37. The maximum absolute atomic E-state index is 12.5. The summed E-state index contributed by atoms with van der Waals surface area (Å²) in [6.07, 6.45) is 0.137. The molecule has 1 aliphatic heterocycles. The number of hydrogen-bond donors (Lipinski definition) is 2. The van der Waals surface area contributed by atoms with Crippen LogP contribution in [0, 0.1) is 5.92 Å². The topological polar surface area (TPSA) is 87.7 Å². The normalized spacial score (nSPS) is 15.8. The molecule has 2 aromatic rings. The van der Waals surface area contributed by atoms with E-state index in [1.807, 2.05) is 31.2 Å². The van der Waals surface area contributed by atoms with Crippen LogP contribution < -0.4 is 20.3 Å². The first kappa shape index (κ1) is 22.3. The molecule has 3 amide bonds. The van der Waals surface area contributed by atoms with Crippen LogP contribution >= 0.6 is 0 Å². The zero-order valence-corrected chi connectivity index (χ0v) is 18.2. The number of carbonyl (C=O) groups excluding carboxylic acids is 3. The molecule has 0 bridgehead atoms. The Morgan fingerprint density at radius 1 is 1.16 bits per heavy atom. The maximum Gasteiger partial charge on any atom is 0.243 e. The fourth-order valence-electron chi connectivity index (χ4n) is 3.50. The molecule has 0 aromatic heterocycles. The number of rotatable bonds is 8. The number of ether oxygens (including phenoxy) is 1. The highest BCUT2D eigenvalue weighted by Gasteiger charge is 2.35. The maximum atomic E-state index is 12.5. The third kappa shape index (κ3) is 5.84. The van der Waals surface area contributed by atoms with Crippen molar-refractivity contribution in [1.82, 2.24) is 5.32 Å². The van der Waals surface area contributed by atoms with Gasteiger partial charge in [0, 0.05) is 24.3 Å². The number of anilines is 2. The first-order valence-electron chi connectivity index (χ1n) is 10.6. The summed E-state index contributed by atoms with van der Waals surface area (Å²) < 4.78 is 5.37. The van der Waals surface area contributed by atoms with E-state index in [9.17, 15) is 14.4 Å². The lowest BCUT2D eigenvalue weighted by Gasteiger charge is -2.18. The quantitative estimate of drug-likeness (QED) is 0.682. The second-order valence-electron chi connectivity index (χ2n) is 7.88. The van der Waals surface area contributed by atoms with Crippen LogP contribution in [0.3, 0.4) is 0 Å². The summed E-state index contributed by atoms with van der Waals surface area (Å²) >= 11 is 0. The number of carbonyl (C=O) groups is 3. The van der Waals surface area contributed by atoms with E-state index in [0.717, 1.165) is 17.0 Å². The van der Waals surface area contributed by atoms with E-state index >= 15 is 0 Å². The second-order valence-corrected chi connectivity index (χ2v) is 7.88. The molecule has 1 heterocycles. The van der Waals surface area contributed by atoms with Crippen LogP contribution in [0.5, 0.6) is 5.75 Å². The molecule has 164 valence electrons. The minimum atomic E-state index is -0.478. The average molecular weight is 424 g/mol. The molecule has 0 aliphatic carbocycles. The molecule has 31 heavy (non-hydrogen) atoms. The highest BCUT2D eigenvalue weighted by Crippen LogP contribution is 2.28. The lowest BCUT2D eigenvalue weighted by atomic mass is 10.0. The van der Waals surface area contributed by atoms with Gasteiger partial charge in [-0.1, -0.05) is 26.0 Å². The fourth-order valence-corrected chi connectivity index (χ4v) is 3.50. The fraction of sp³-hybridized carbons (Fsp3) is 0.375. The standard InChI is InChI=1S/C24H29N3O4/c1-4-31-21-10-8-19(9-11-21)26-22(28)14-25-24(30)18-13-23(29)27(15-18)20-7-5-6-17(12-20)16(2)3/h5-12,16,18H,4,13-15H2,1-3H3,(H,25,30)(H,26,28). The molecule has 1 saturated heterocycles. The van der Waals surface area contributed by atoms with Crippen molar-refractivity contribution in [1.29, 1.82) is 0 Å². The Morgan fingerprint density at radius 2 is 1.90 bits per heavy atom. The van der Waals surface area contributed by atoms with Gasteiger partial charge in [-0.05, 0) is 54.8 Å². The molecule has 1 atom stereocenters. The van der Waals surface area contributed by atoms with Gasteiger partial charge in [-0.25, -0.2) is 0 Å². The minimum absolute atomic E-state index is 0.0834. The van der Waals surface area contributed by atoms with Crippen LogP contribution in [-0.4, -0.2) is 37.4 Å². The Labute approximate surface area is 182 Å². The summed E-state index contributed by atoms with van der Waals surface area (Å²) in [7, 11) is 0. The van der Waals surface area contributed by atoms with Gasteiger partial charge < -0.3 is 20.3 Å². The van der Waals surface area contributed by atoms with Gasteiger partial charge in [0.25, 0.3) is 0 Å². The lowest BCUT2D eigenvalue weighted by Crippen LogP contribution is -2.37. The van der Waals surface area contributed by atoms with Crippen molar-refractivity contribution in [3.8, 4) is 5.75 Å². The molecule has 2 aromatic carbocycles. The number of nitrogens with zero attached hydrogens (tertiary/aromatic N) is 1. The first-order valence-corrected chi connectivity index (χ1v) is 10.6. The minimum Gasteiger partial charge on any atom is -0.494 e. The first-order chi connectivity index (χ1) is 14.9. The summed E-state index contributed by atoms with van der Waals surface area (Å²) in [5.74, 6) is -0.108. The van der Waals surface area contributed by atoms with Crippen LogP contribution in [0.15, 0.2) is 48.5 Å². The predicted molar refractivity (Wildman–Crippen MR) is 120 cm³/mol. The predicted octanol–water partition coefficient (Wildman–Crippen LogP) is 3.32. The Hall–Kier alpha value is -3.35. The van der Waals surface area contributed by atoms with Crippen molar-refractivity contribution < 1.29 is 19.1 Å². The van der Waals surface area contributed by atoms with E-state index in [1.165, 1.54) is 0 Å². The van der Waals surface area contributed by atoms with E-state index in [0.29, 0.717) is 24.8 Å². The van der Waals surface area contributed by atoms with Gasteiger partial charge in [0.1, 0.15) is 5.75 Å². The summed E-state index contributed by atoms with van der Waals surface area (Å²) in [6.45, 7) is 6.83. The van der Waals surface area contributed by atoms with Gasteiger partial charge in [0.2, 0.25) is 17.7 Å². The molecular weight excluding hydrogens is 394 g/mol. The van der Waals surface area contributed by atoms with E-state index in [4.69, 9.17) is 4.74 Å². The molecule has 0 spiro atoms. The largest absolute Gasteiger partial charge is 0.494 e. The lowest BCUT2D eigenvalue weighted by molar-refractivity contribution is -0.127. The van der Waals surface area contributed by atoms with Gasteiger partial charge in [-0.2, -0.15) is 0 Å². The van der Waals surface area contributed by atoms with Crippen molar-refractivity contribution in [2.24, 2.45) is 5.92 Å². The third-order valence-corrected chi connectivity index (χ3v) is 5.22. The molecule has 3 rings (SSSR count). The third-order valence-electron chi connectivity index (χ3n) is 5.22. The van der Waals surface area contributed by atoms with Crippen LogP contribution in [-0.2, 0) is 14.4 Å². The van der Waals surface area contributed by atoms with Gasteiger partial charge >= 0.3 is 0 Å². The zero-order valence-electron chi connectivity index (χ0n) is 18.2. The Kier molecular flexibility index (Phi) is 7.28. The van der Waals surface area contributed by atoms with Gasteiger partial charge in [0.15, 0.2) is 0 Å². The van der Waals surface area contributed by atoms with Gasteiger partial charge in [0.05, 0.1) is 19.1 Å². The highest BCUT2D eigenvalue weighted by molar-refractivity contribution is 6.01. The van der Waals surface area contributed by atoms with Crippen molar-refractivity contribution >= 4 is 29.1 Å². The van der Waals surface area contributed by atoms with Crippen molar-refractivity contribution in [3.63, 3.8) is 0 Å². The van der Waals surface area contributed by atoms with Crippen molar-refractivity contribution in [3.05, 3.63) is 54.1 Å². The van der Waals surface area contributed by atoms with Crippen LogP contribution in [0.4, 0.5) is 11.4 Å². The molecule has 1 unspecified atom stereocenters. The number of hydrogen-bond acceptors (Lipinski definition) is 4. The molecule has 1 aliphatic rings. The van der Waals surface area contributed by atoms with E-state index in [1.54, 1.807) is 29.2 Å². The molecule has 1 fully saturated rings. The van der Waals surface area contributed by atoms with Gasteiger partial charge in [-0.3, -0.25) is 14.4 Å². The van der Waals surface area contributed by atoms with Crippen molar-refractivity contribution in [2.75, 3.05) is 29.9 Å². The average Bonchev–Trinajstić information content (AvgIpc) is 3.15. The Bertz CT molecular complexity index is 940. The molecule has 0 radical (unpaired) electrons. The molecule has 7 heteroatoms. The van der Waals surface area contributed by atoms with Crippen LogP contribution in [0.1, 0.15) is 38.7 Å². The second kappa shape index (κ2) is 10.1. The van der Waals surface area contributed by atoms with E-state index in [-0.39, 0.29) is 30.7 Å². The summed E-state index contributed by atoms with van der Waals surface area (Å²) in [6, 6.07) is 14.8. The Balaban J connectivity index is 1.51. The Morgan fingerprint density at radius 3 is 2.58 bits per heavy atom. The number of amides is 3. The SMILES string of the molecule is CCOc1ccc(NC(=O)CNC(=O)C2CC(=O)N(c3cccc(C(C)C)c3)C2)cc1. The zero-order chi connectivity index (χ0) is 22.4. The summed E-state index contributed by atoms with van der Waals surface area (Å²) in [4.78, 5) is 38.8. The molecular formula is C24H29N3O4. The van der Waals surface area contributed by atoms with E-state index < -0.39 is 5.92 Å². The van der Waals surface area contributed by atoms with Crippen molar-refractivity contribution in [2.45, 2.75) is 33.1 Å². The van der Waals surface area contributed by atoms with Crippen LogP contribution in [0.25, 0.3) is 0 Å². The number of nitrogens with one attached hydrogen (secondary N) is 2.